The molecule has 16 heavy (non-hydrogen) atoms. The van der Waals surface area contributed by atoms with Crippen molar-refractivity contribution in [2.24, 2.45) is 5.73 Å². The van der Waals surface area contributed by atoms with Crippen LogP contribution in [0.15, 0.2) is 6.07 Å². The Morgan fingerprint density at radius 1 is 1.38 bits per heavy atom. The highest BCUT2D eigenvalue weighted by Gasteiger charge is 2.14. The van der Waals surface area contributed by atoms with E-state index in [0.717, 1.165) is 35.7 Å². The van der Waals surface area contributed by atoms with Crippen molar-refractivity contribution < 1.29 is 0 Å². The molecule has 0 saturated carbocycles. The number of thiocarbonyl (C=S) groups is 1. The first-order valence-corrected chi connectivity index (χ1v) is 5.95. The van der Waals surface area contributed by atoms with Crippen molar-refractivity contribution in [3.05, 3.63) is 23.0 Å². The molecular formula is C12H19N3S. The second-order valence-electron chi connectivity index (χ2n) is 3.78. The second kappa shape index (κ2) is 5.25. The Hall–Kier alpha value is -1.16. The van der Waals surface area contributed by atoms with E-state index in [1.807, 2.05) is 13.8 Å². The van der Waals surface area contributed by atoms with Gasteiger partial charge in [-0.2, -0.15) is 0 Å². The summed E-state index contributed by atoms with van der Waals surface area (Å²) in [7, 11) is 0. The van der Waals surface area contributed by atoms with E-state index < -0.39 is 0 Å². The lowest BCUT2D eigenvalue weighted by atomic mass is 10.1. The number of aryl methyl sites for hydroxylation is 2. The van der Waals surface area contributed by atoms with Gasteiger partial charge in [0.15, 0.2) is 0 Å². The minimum absolute atomic E-state index is 0.423. The van der Waals surface area contributed by atoms with Gasteiger partial charge in [0.25, 0.3) is 0 Å². The van der Waals surface area contributed by atoms with Crippen molar-refractivity contribution in [2.45, 2.75) is 27.7 Å². The number of pyridine rings is 1. The van der Waals surface area contributed by atoms with Crippen LogP contribution in [0.4, 0.5) is 5.69 Å². The molecule has 1 heterocycles. The van der Waals surface area contributed by atoms with Gasteiger partial charge in [-0.05, 0) is 33.8 Å². The molecular weight excluding hydrogens is 218 g/mol. The van der Waals surface area contributed by atoms with Crippen molar-refractivity contribution in [3.8, 4) is 0 Å². The maximum atomic E-state index is 5.78. The molecule has 0 aromatic carbocycles. The van der Waals surface area contributed by atoms with Crippen LogP contribution in [-0.2, 0) is 0 Å². The number of anilines is 1. The Bertz CT molecular complexity index is 397. The first-order valence-electron chi connectivity index (χ1n) is 5.54. The summed E-state index contributed by atoms with van der Waals surface area (Å²) in [6, 6.07) is 2.05. The van der Waals surface area contributed by atoms with Crippen LogP contribution < -0.4 is 10.6 Å². The summed E-state index contributed by atoms with van der Waals surface area (Å²) >= 11 is 5.11. The highest BCUT2D eigenvalue weighted by molar-refractivity contribution is 7.80. The third kappa shape index (κ3) is 2.50. The summed E-state index contributed by atoms with van der Waals surface area (Å²) in [4.78, 5) is 7.08. The molecule has 1 aromatic heterocycles. The molecule has 4 heteroatoms. The van der Waals surface area contributed by atoms with Crippen LogP contribution in [0.2, 0.25) is 0 Å². The van der Waals surface area contributed by atoms with Gasteiger partial charge in [0, 0.05) is 24.5 Å². The van der Waals surface area contributed by atoms with E-state index in [-0.39, 0.29) is 0 Å². The van der Waals surface area contributed by atoms with Gasteiger partial charge in [-0.1, -0.05) is 12.2 Å². The Balaban J connectivity index is 3.39. The molecule has 1 rings (SSSR count). The maximum absolute atomic E-state index is 5.78. The average Bonchev–Trinajstić information content (AvgIpc) is 2.17. The molecule has 0 unspecified atom stereocenters. The lowest BCUT2D eigenvalue weighted by molar-refractivity contribution is 0.859. The van der Waals surface area contributed by atoms with Gasteiger partial charge in [0.2, 0.25) is 0 Å². The van der Waals surface area contributed by atoms with Gasteiger partial charge in [-0.15, -0.1) is 0 Å². The zero-order chi connectivity index (χ0) is 12.3. The molecule has 0 aliphatic heterocycles. The van der Waals surface area contributed by atoms with Crippen LogP contribution in [0.25, 0.3) is 0 Å². The lowest BCUT2D eigenvalue weighted by Gasteiger charge is -2.25. The smallest absolute Gasteiger partial charge is 0.107 e. The van der Waals surface area contributed by atoms with Crippen LogP contribution in [0.5, 0.6) is 0 Å². The summed E-state index contributed by atoms with van der Waals surface area (Å²) in [5.41, 5.74) is 9.69. The van der Waals surface area contributed by atoms with Crippen LogP contribution >= 0.6 is 12.2 Å². The molecule has 0 fully saturated rings. The topological polar surface area (TPSA) is 42.2 Å². The number of hydrogen-bond donors (Lipinski definition) is 1. The van der Waals surface area contributed by atoms with Gasteiger partial charge >= 0.3 is 0 Å². The third-order valence-corrected chi connectivity index (χ3v) is 2.86. The molecule has 88 valence electrons. The Morgan fingerprint density at radius 3 is 2.38 bits per heavy atom. The van der Waals surface area contributed by atoms with Crippen molar-refractivity contribution in [3.63, 3.8) is 0 Å². The third-order valence-electron chi connectivity index (χ3n) is 2.66. The van der Waals surface area contributed by atoms with E-state index in [4.69, 9.17) is 18.0 Å². The predicted octanol–water partition coefficient (Wildman–Crippen LogP) is 2.18. The van der Waals surface area contributed by atoms with Crippen LogP contribution in [-0.4, -0.2) is 23.1 Å². The van der Waals surface area contributed by atoms with Crippen molar-refractivity contribution in [1.29, 1.82) is 0 Å². The first kappa shape index (κ1) is 12.9. The molecule has 0 radical (unpaired) electrons. The first-order chi connectivity index (χ1) is 7.51. The maximum Gasteiger partial charge on any atom is 0.107 e. The molecule has 2 N–H and O–H groups in total. The Labute approximate surface area is 103 Å². The fraction of sp³-hybridized carbons (Fsp3) is 0.500. The van der Waals surface area contributed by atoms with Crippen LogP contribution in [0, 0.1) is 13.8 Å². The van der Waals surface area contributed by atoms with Gasteiger partial charge in [0.05, 0.1) is 11.3 Å². The van der Waals surface area contributed by atoms with Gasteiger partial charge in [-0.25, -0.2) is 0 Å². The summed E-state index contributed by atoms with van der Waals surface area (Å²) in [5, 5.41) is 0. The minimum atomic E-state index is 0.423. The van der Waals surface area contributed by atoms with E-state index in [2.05, 4.69) is 29.8 Å². The van der Waals surface area contributed by atoms with Crippen LogP contribution in [0.1, 0.15) is 30.8 Å². The average molecular weight is 237 g/mol. The van der Waals surface area contributed by atoms with Gasteiger partial charge < -0.3 is 10.6 Å². The largest absolute Gasteiger partial charge is 0.389 e. The second-order valence-corrected chi connectivity index (χ2v) is 4.22. The quantitative estimate of drug-likeness (QED) is 0.815. The molecule has 1 aromatic rings. The van der Waals surface area contributed by atoms with E-state index in [0.29, 0.717) is 4.99 Å². The highest BCUT2D eigenvalue weighted by Crippen LogP contribution is 2.23. The number of aromatic nitrogens is 1. The zero-order valence-corrected chi connectivity index (χ0v) is 11.2. The monoisotopic (exact) mass is 237 g/mol. The Kier molecular flexibility index (Phi) is 4.24. The molecule has 0 bridgehead atoms. The fourth-order valence-electron chi connectivity index (χ4n) is 1.93. The van der Waals surface area contributed by atoms with Crippen LogP contribution in [0.3, 0.4) is 0 Å². The van der Waals surface area contributed by atoms with Crippen molar-refractivity contribution in [2.75, 3.05) is 18.0 Å². The number of rotatable bonds is 4. The van der Waals surface area contributed by atoms with E-state index in [1.165, 1.54) is 0 Å². The number of nitrogens with two attached hydrogens (primary N) is 1. The minimum Gasteiger partial charge on any atom is -0.389 e. The van der Waals surface area contributed by atoms with E-state index in [1.54, 1.807) is 0 Å². The predicted molar refractivity (Wildman–Crippen MR) is 73.2 cm³/mol. The zero-order valence-electron chi connectivity index (χ0n) is 10.4. The molecule has 3 nitrogen and oxygen atoms in total. The van der Waals surface area contributed by atoms with Gasteiger partial charge in [0.1, 0.15) is 4.99 Å². The molecule has 0 atom stereocenters. The lowest BCUT2D eigenvalue weighted by Crippen LogP contribution is -2.26. The summed E-state index contributed by atoms with van der Waals surface area (Å²) in [5.74, 6) is 0. The van der Waals surface area contributed by atoms with E-state index >= 15 is 0 Å². The SMILES string of the molecule is CCN(CC)c1cc(C)nc(C)c1C(N)=S. The van der Waals surface area contributed by atoms with Crippen molar-refractivity contribution >= 4 is 22.9 Å². The number of nitrogens with zero attached hydrogens (tertiary/aromatic N) is 2. The molecule has 0 spiro atoms. The van der Waals surface area contributed by atoms with E-state index in [9.17, 15) is 0 Å². The van der Waals surface area contributed by atoms with Gasteiger partial charge in [-0.3, -0.25) is 4.98 Å². The highest BCUT2D eigenvalue weighted by atomic mass is 32.1. The molecule has 0 saturated heterocycles. The number of hydrogen-bond acceptors (Lipinski definition) is 3. The van der Waals surface area contributed by atoms with Crippen molar-refractivity contribution in [1.82, 2.24) is 4.98 Å². The fourth-order valence-corrected chi connectivity index (χ4v) is 2.18. The molecule has 0 aliphatic rings. The standard InChI is InChI=1S/C12H19N3S/c1-5-15(6-2)10-7-8(3)14-9(4)11(10)12(13)16/h7H,5-6H2,1-4H3,(H2,13,16). The summed E-state index contributed by atoms with van der Waals surface area (Å²) in [6.07, 6.45) is 0. The summed E-state index contributed by atoms with van der Waals surface area (Å²) in [6.45, 7) is 10.1. The normalized spacial score (nSPS) is 10.2. The summed E-state index contributed by atoms with van der Waals surface area (Å²) < 4.78 is 0. The molecule has 0 amide bonds. The molecule has 0 aliphatic carbocycles. The Morgan fingerprint density at radius 2 is 1.94 bits per heavy atom.